The minimum absolute atomic E-state index is 0.201. The third kappa shape index (κ3) is 3.43. The lowest BCUT2D eigenvalue weighted by Gasteiger charge is -1.99. The summed E-state index contributed by atoms with van der Waals surface area (Å²) in [6, 6.07) is -0.218. The van der Waals surface area contributed by atoms with Gasteiger partial charge in [0, 0.05) is 10.3 Å². The topological polar surface area (TPSA) is 107 Å². The molecule has 2 aromatic heterocycles. The molecule has 9 heteroatoms. The maximum atomic E-state index is 12.1. The van der Waals surface area contributed by atoms with Crippen molar-refractivity contribution < 1.29 is 14.3 Å². The Morgan fingerprint density at radius 1 is 1.43 bits per heavy atom. The first-order valence-electron chi connectivity index (χ1n) is 6.00. The summed E-state index contributed by atoms with van der Waals surface area (Å²) < 4.78 is 4.62. The van der Waals surface area contributed by atoms with Gasteiger partial charge in [-0.3, -0.25) is 10.1 Å². The number of anilines is 1. The van der Waals surface area contributed by atoms with Gasteiger partial charge in [-0.05, 0) is 13.8 Å². The largest absolute Gasteiger partial charge is 0.464 e. The van der Waals surface area contributed by atoms with Crippen LogP contribution in [0.25, 0.3) is 0 Å². The molecule has 21 heavy (non-hydrogen) atoms. The van der Waals surface area contributed by atoms with Crippen LogP contribution in [0.1, 0.15) is 43.8 Å². The fraction of sp³-hybridized carbons (Fsp3) is 0.333. The molecule has 1 atom stereocenters. The number of thiazole rings is 2. The lowest BCUT2D eigenvalue weighted by molar-refractivity contribution is 0.0594. The molecule has 7 nitrogen and oxygen atoms in total. The minimum atomic E-state index is -0.530. The third-order valence-corrected chi connectivity index (χ3v) is 4.47. The zero-order chi connectivity index (χ0) is 15.6. The summed E-state index contributed by atoms with van der Waals surface area (Å²) in [5, 5.41) is 5.26. The molecule has 0 fully saturated rings. The summed E-state index contributed by atoms with van der Waals surface area (Å²) >= 11 is 2.53. The van der Waals surface area contributed by atoms with Gasteiger partial charge in [-0.25, -0.2) is 14.8 Å². The number of nitrogens with zero attached hydrogens (tertiary/aromatic N) is 2. The third-order valence-electron chi connectivity index (χ3n) is 2.54. The number of methoxy groups -OCH3 is 1. The van der Waals surface area contributed by atoms with Crippen LogP contribution in [0.2, 0.25) is 0 Å². The number of esters is 1. The van der Waals surface area contributed by atoms with Crippen LogP contribution in [-0.2, 0) is 4.74 Å². The van der Waals surface area contributed by atoms with Crippen LogP contribution >= 0.6 is 22.7 Å². The fourth-order valence-electron chi connectivity index (χ4n) is 1.50. The molecule has 2 rings (SSSR count). The lowest BCUT2D eigenvalue weighted by atomic mass is 10.4. The van der Waals surface area contributed by atoms with Crippen molar-refractivity contribution in [2.24, 2.45) is 5.73 Å². The average Bonchev–Trinajstić information content (AvgIpc) is 3.05. The quantitative estimate of drug-likeness (QED) is 0.832. The van der Waals surface area contributed by atoms with Gasteiger partial charge in [-0.15, -0.1) is 22.7 Å². The number of nitrogens with two attached hydrogens (primary N) is 1. The van der Waals surface area contributed by atoms with E-state index >= 15 is 0 Å². The zero-order valence-corrected chi connectivity index (χ0v) is 13.3. The van der Waals surface area contributed by atoms with E-state index in [-0.39, 0.29) is 23.3 Å². The molecule has 0 saturated carbocycles. The smallest absolute Gasteiger partial charge is 0.357 e. The molecule has 0 aromatic carbocycles. The van der Waals surface area contributed by atoms with Crippen LogP contribution in [0.3, 0.4) is 0 Å². The Kier molecular flexibility index (Phi) is 4.66. The zero-order valence-electron chi connectivity index (χ0n) is 11.7. The highest BCUT2D eigenvalue weighted by molar-refractivity contribution is 7.16. The van der Waals surface area contributed by atoms with Crippen LogP contribution < -0.4 is 11.1 Å². The van der Waals surface area contributed by atoms with Crippen molar-refractivity contribution in [1.29, 1.82) is 0 Å². The summed E-state index contributed by atoms with van der Waals surface area (Å²) in [5.41, 5.74) is 6.18. The number of carbonyl (C=O) groups is 2. The SMILES string of the molecule is COC(=O)c1nc(NC(=O)c2csc(C(C)N)n2)sc1C. The first kappa shape index (κ1) is 15.5. The van der Waals surface area contributed by atoms with Gasteiger partial charge in [0.25, 0.3) is 5.91 Å². The number of hydrogen-bond donors (Lipinski definition) is 2. The lowest BCUT2D eigenvalue weighted by Crippen LogP contribution is -2.13. The first-order chi connectivity index (χ1) is 9.92. The number of carbonyl (C=O) groups excluding carboxylic acids is 2. The highest BCUT2D eigenvalue weighted by Crippen LogP contribution is 2.23. The fourth-order valence-corrected chi connectivity index (χ4v) is 3.05. The van der Waals surface area contributed by atoms with E-state index in [1.165, 1.54) is 29.8 Å². The van der Waals surface area contributed by atoms with Gasteiger partial charge in [-0.1, -0.05) is 0 Å². The highest BCUT2D eigenvalue weighted by atomic mass is 32.1. The van der Waals surface area contributed by atoms with Gasteiger partial charge in [0.05, 0.1) is 13.2 Å². The second-order valence-corrected chi connectivity index (χ2v) is 6.32. The van der Waals surface area contributed by atoms with Crippen LogP contribution in [0.5, 0.6) is 0 Å². The molecule has 0 radical (unpaired) electrons. The molecule has 112 valence electrons. The molecule has 0 aliphatic rings. The van der Waals surface area contributed by atoms with E-state index in [0.717, 1.165) is 0 Å². The van der Waals surface area contributed by atoms with Crippen LogP contribution in [0, 0.1) is 6.92 Å². The summed E-state index contributed by atoms with van der Waals surface area (Å²) in [4.78, 5) is 32.4. The van der Waals surface area contributed by atoms with Crippen LogP contribution in [-0.4, -0.2) is 29.0 Å². The maximum Gasteiger partial charge on any atom is 0.357 e. The van der Waals surface area contributed by atoms with Crippen molar-refractivity contribution in [3.8, 4) is 0 Å². The molecule has 0 bridgehead atoms. The predicted molar refractivity (Wildman–Crippen MR) is 80.9 cm³/mol. The monoisotopic (exact) mass is 326 g/mol. The van der Waals surface area contributed by atoms with E-state index in [1.54, 1.807) is 19.2 Å². The Hall–Kier alpha value is -1.84. The molecule has 2 heterocycles. The second-order valence-electron chi connectivity index (χ2n) is 4.23. The summed E-state index contributed by atoms with van der Waals surface area (Å²) in [7, 11) is 1.28. The molecule has 1 unspecified atom stereocenters. The number of hydrogen-bond acceptors (Lipinski definition) is 8. The van der Waals surface area contributed by atoms with E-state index in [9.17, 15) is 9.59 Å². The van der Waals surface area contributed by atoms with Crippen molar-refractivity contribution in [1.82, 2.24) is 9.97 Å². The predicted octanol–water partition coefficient (Wildman–Crippen LogP) is 1.97. The van der Waals surface area contributed by atoms with E-state index < -0.39 is 5.97 Å². The highest BCUT2D eigenvalue weighted by Gasteiger charge is 2.19. The van der Waals surface area contributed by atoms with Gasteiger partial charge in [0.15, 0.2) is 10.8 Å². The van der Waals surface area contributed by atoms with Crippen molar-refractivity contribution in [3.05, 3.63) is 26.7 Å². The van der Waals surface area contributed by atoms with Crippen LogP contribution in [0.4, 0.5) is 5.13 Å². The second kappa shape index (κ2) is 6.29. The Bertz CT molecular complexity index is 678. The number of aromatic nitrogens is 2. The molecule has 0 aliphatic carbocycles. The standard InChI is InChI=1S/C12H14N4O3S2/c1-5(13)10-14-7(4-20-10)9(17)16-12-15-8(6(2)21-12)11(18)19-3/h4-5H,13H2,1-3H3,(H,15,16,17). The van der Waals surface area contributed by atoms with Gasteiger partial charge in [0.1, 0.15) is 10.7 Å². The van der Waals surface area contributed by atoms with Crippen molar-refractivity contribution in [3.63, 3.8) is 0 Å². The van der Waals surface area contributed by atoms with E-state index in [4.69, 9.17) is 5.73 Å². The Morgan fingerprint density at radius 2 is 2.14 bits per heavy atom. The molecule has 0 spiro atoms. The Morgan fingerprint density at radius 3 is 2.71 bits per heavy atom. The molecule has 2 aromatic rings. The Balaban J connectivity index is 2.14. The molecular formula is C12H14N4O3S2. The van der Waals surface area contributed by atoms with Gasteiger partial charge in [0.2, 0.25) is 0 Å². The van der Waals surface area contributed by atoms with Gasteiger partial charge in [-0.2, -0.15) is 0 Å². The molecule has 0 saturated heterocycles. The van der Waals surface area contributed by atoms with Gasteiger partial charge < -0.3 is 10.5 Å². The number of rotatable bonds is 4. The minimum Gasteiger partial charge on any atom is -0.464 e. The Labute approximate surface area is 129 Å². The molecule has 0 aliphatic heterocycles. The van der Waals surface area contributed by atoms with E-state index in [0.29, 0.717) is 15.0 Å². The summed E-state index contributed by atoms with van der Waals surface area (Å²) in [6.45, 7) is 3.53. The average molecular weight is 326 g/mol. The maximum absolute atomic E-state index is 12.1. The van der Waals surface area contributed by atoms with Crippen LogP contribution in [0.15, 0.2) is 5.38 Å². The number of nitrogens with one attached hydrogen (secondary N) is 1. The molecule has 3 N–H and O–H groups in total. The number of aryl methyl sites for hydroxylation is 1. The summed E-state index contributed by atoms with van der Waals surface area (Å²) in [5.74, 6) is -0.916. The van der Waals surface area contributed by atoms with Gasteiger partial charge >= 0.3 is 5.97 Å². The van der Waals surface area contributed by atoms with E-state index in [1.807, 2.05) is 0 Å². The first-order valence-corrected chi connectivity index (χ1v) is 7.70. The van der Waals surface area contributed by atoms with Crippen molar-refractivity contribution >= 4 is 39.7 Å². The van der Waals surface area contributed by atoms with E-state index in [2.05, 4.69) is 20.0 Å². The number of ether oxygens (including phenoxy) is 1. The normalized spacial score (nSPS) is 12.0. The molecule has 1 amide bonds. The summed E-state index contributed by atoms with van der Waals surface area (Å²) in [6.07, 6.45) is 0. The molecular weight excluding hydrogens is 312 g/mol. The van der Waals surface area contributed by atoms with Crippen molar-refractivity contribution in [2.75, 3.05) is 12.4 Å². The number of amides is 1. The van der Waals surface area contributed by atoms with Crippen molar-refractivity contribution in [2.45, 2.75) is 19.9 Å².